The van der Waals surface area contributed by atoms with Gasteiger partial charge in [-0.3, -0.25) is 23.7 Å². The van der Waals surface area contributed by atoms with Gasteiger partial charge in [0.2, 0.25) is 17.7 Å². The molecule has 36 heteroatoms. The van der Waals surface area contributed by atoms with Crippen LogP contribution in [-0.2, 0) is 60.3 Å². The number of carbonyl (C=O) groups excluding carboxylic acids is 5. The largest absolute Gasteiger partial charge is 0.490 e. The number of ether oxygens (including phenoxy) is 1. The number of aliphatic hydroxyl groups excluding tert-OH is 1. The Kier molecular flexibility index (Phi) is 25.2. The molecule has 8 atom stereocenters. The quantitative estimate of drug-likeness (QED) is 0.0113. The van der Waals surface area contributed by atoms with Crippen molar-refractivity contribution in [2.75, 3.05) is 42.7 Å². The normalized spacial score (nSPS) is 18.6. The lowest BCUT2D eigenvalue weighted by atomic mass is 10.1. The zero-order chi connectivity index (χ0) is 52.9. The number of hydrogen-bond donors (Lipinski definition) is 14. The standard InChI is InChI=1S/C35H52N9O21P3S3/c36-31-30-20(14-44(32(30)40-19-39-31)28-13-24(46)25(63-28)16-62-67(58,59)65-68(60,61)64-66(55,56)57)5-4-11-37-26(47)9-12-70-71-18-23(43-35(54)41-21(15-45)17-69)33(51)38-10-3-1-2-6-27(48)42-22(34(52)53)7-8-29(49)50/h14-15,19,21-25,28,46,69H,1-3,6-13,16-18H2,(H,37,47)(H,38,51)(H,42,48)(H,49,50)(H,52,53)(H,58,59)(H,60,61)(H2,36,39,40)(H2,41,43,54)(H2,55,56,57)/t21-,22?,23?,24-,25-,28-/m1/s1. The van der Waals surface area contributed by atoms with Crippen molar-refractivity contribution >= 4 is 117 Å². The van der Waals surface area contributed by atoms with E-state index in [2.05, 4.69) is 74.2 Å². The molecule has 0 radical (unpaired) electrons. The van der Waals surface area contributed by atoms with Crippen LogP contribution in [0.4, 0.5) is 10.6 Å². The zero-order valence-corrected chi connectivity index (χ0v) is 42.2. The van der Waals surface area contributed by atoms with Crippen molar-refractivity contribution in [3.63, 3.8) is 0 Å². The molecule has 1 saturated heterocycles. The molecule has 71 heavy (non-hydrogen) atoms. The first-order valence-electron chi connectivity index (χ1n) is 20.7. The first kappa shape index (κ1) is 61.0. The number of rotatable bonds is 31. The van der Waals surface area contributed by atoms with Crippen LogP contribution >= 0.6 is 57.7 Å². The maximum absolute atomic E-state index is 13.1. The molecule has 14 N–H and O–H groups in total. The number of aldehydes is 1. The van der Waals surface area contributed by atoms with Gasteiger partial charge in [-0.15, -0.1) is 0 Å². The molecule has 3 heterocycles. The van der Waals surface area contributed by atoms with Crippen LogP contribution in [0.5, 0.6) is 0 Å². The van der Waals surface area contributed by atoms with Crippen molar-refractivity contribution in [1.82, 2.24) is 41.1 Å². The number of fused-ring (bicyclic) bond motifs is 1. The van der Waals surface area contributed by atoms with Gasteiger partial charge in [0.1, 0.15) is 48.5 Å². The van der Waals surface area contributed by atoms with Crippen molar-refractivity contribution in [3.05, 3.63) is 18.1 Å². The Labute approximate surface area is 416 Å². The first-order chi connectivity index (χ1) is 33.3. The fourth-order valence-electron chi connectivity index (χ4n) is 6.00. The highest BCUT2D eigenvalue weighted by molar-refractivity contribution is 8.76. The molecule has 1 aliphatic heterocycles. The molecule has 0 aromatic carbocycles. The summed E-state index contributed by atoms with van der Waals surface area (Å²) in [5, 5.41) is 41.4. The molecule has 0 bridgehead atoms. The predicted molar refractivity (Wildman–Crippen MR) is 253 cm³/mol. The number of carboxylic acids is 2. The zero-order valence-electron chi connectivity index (χ0n) is 37.0. The number of thiol groups is 1. The van der Waals surface area contributed by atoms with Crippen LogP contribution < -0.4 is 32.3 Å². The van der Waals surface area contributed by atoms with Gasteiger partial charge in [-0.05, 0) is 19.3 Å². The summed E-state index contributed by atoms with van der Waals surface area (Å²) in [5.41, 5.74) is 6.60. The number of nitrogens with zero attached hydrogens (tertiary/aromatic N) is 3. The summed E-state index contributed by atoms with van der Waals surface area (Å²) in [6, 6.07) is -4.14. The Hall–Kier alpha value is -4.35. The van der Waals surface area contributed by atoms with Gasteiger partial charge in [0, 0.05) is 55.7 Å². The summed E-state index contributed by atoms with van der Waals surface area (Å²) >= 11 is 4.00. The molecule has 30 nitrogen and oxygen atoms in total. The molecule has 4 unspecified atom stereocenters. The summed E-state index contributed by atoms with van der Waals surface area (Å²) in [7, 11) is -14.5. The Morgan fingerprint density at radius 2 is 1.68 bits per heavy atom. The monoisotopic (exact) mass is 1120 g/mol. The lowest BCUT2D eigenvalue weighted by molar-refractivity contribution is -0.143. The molecule has 1 fully saturated rings. The lowest BCUT2D eigenvalue weighted by Crippen LogP contribution is -2.53. The van der Waals surface area contributed by atoms with E-state index in [1.165, 1.54) is 32.4 Å². The number of aliphatic hydroxyl groups is 1. The second-order valence-electron chi connectivity index (χ2n) is 14.7. The Bertz CT molecular complexity index is 2420. The van der Waals surface area contributed by atoms with Gasteiger partial charge in [-0.2, -0.15) is 21.3 Å². The van der Waals surface area contributed by atoms with Crippen molar-refractivity contribution in [2.24, 2.45) is 0 Å². The van der Waals surface area contributed by atoms with Gasteiger partial charge in [-0.1, -0.05) is 39.8 Å². The molecular weight excluding hydrogens is 1070 g/mol. The molecule has 0 saturated carbocycles. The molecule has 2 aromatic heterocycles. The first-order valence-corrected chi connectivity index (χ1v) is 28.4. The van der Waals surface area contributed by atoms with Gasteiger partial charge in [0.15, 0.2) is 0 Å². The number of phosphoric ester groups is 1. The van der Waals surface area contributed by atoms with Crippen molar-refractivity contribution in [2.45, 2.75) is 87.9 Å². The molecule has 1 aliphatic rings. The summed E-state index contributed by atoms with van der Waals surface area (Å²) < 4.78 is 53.9. The smallest absolute Gasteiger partial charge is 0.481 e. The van der Waals surface area contributed by atoms with Gasteiger partial charge < -0.3 is 81.3 Å². The van der Waals surface area contributed by atoms with Gasteiger partial charge in [0.05, 0.1) is 36.2 Å². The molecule has 3 rings (SSSR count). The van der Waals surface area contributed by atoms with E-state index in [9.17, 15) is 67.3 Å². The topological polar surface area (TPSA) is 466 Å². The van der Waals surface area contributed by atoms with Crippen LogP contribution in [0.3, 0.4) is 0 Å². The minimum atomic E-state index is -5.78. The maximum Gasteiger partial charge on any atom is 0.490 e. The number of amides is 5. The average molecular weight is 1120 g/mol. The number of carbonyl (C=O) groups is 7. The molecule has 5 amide bonds. The van der Waals surface area contributed by atoms with Crippen LogP contribution in [0, 0.1) is 11.8 Å². The number of aliphatic carboxylic acids is 2. The number of aromatic nitrogens is 3. The van der Waals surface area contributed by atoms with E-state index in [0.29, 0.717) is 25.5 Å². The Morgan fingerprint density at radius 1 is 0.944 bits per heavy atom. The average Bonchev–Trinajstić information content (AvgIpc) is 3.84. The van der Waals surface area contributed by atoms with Crippen LogP contribution in [0.15, 0.2) is 12.5 Å². The number of nitrogen functional groups attached to an aromatic ring is 1. The van der Waals surface area contributed by atoms with Crippen LogP contribution in [0.1, 0.15) is 63.2 Å². The van der Waals surface area contributed by atoms with Crippen molar-refractivity contribution < 1.29 is 100 Å². The third-order valence-corrected chi connectivity index (χ3v) is 15.9. The van der Waals surface area contributed by atoms with E-state index in [4.69, 9.17) is 25.4 Å². The molecule has 2 aromatic rings. The predicted octanol–water partition coefficient (Wildman–Crippen LogP) is -0.480. The molecule has 396 valence electrons. The van der Waals surface area contributed by atoms with Gasteiger partial charge in [0.25, 0.3) is 0 Å². The number of carboxylic acid groups (broad SMARTS) is 2. The number of unbranched alkanes of at least 4 members (excludes halogenated alkanes) is 2. The molecular formula is C35H52N9O21P3S3. The van der Waals surface area contributed by atoms with Crippen LogP contribution in [0.2, 0.25) is 0 Å². The maximum atomic E-state index is 13.1. The molecule has 0 aliphatic carbocycles. The van der Waals surface area contributed by atoms with Gasteiger partial charge in [-0.25, -0.2) is 33.3 Å². The third-order valence-electron chi connectivity index (χ3n) is 9.26. The fraction of sp³-hybridized carbons (Fsp3) is 0.571. The molecule has 0 spiro atoms. The number of phosphoric acid groups is 3. The number of hydrogen-bond acceptors (Lipinski definition) is 21. The minimum Gasteiger partial charge on any atom is -0.481 e. The van der Waals surface area contributed by atoms with E-state index < -0.39 is 103 Å². The number of anilines is 1. The highest BCUT2D eigenvalue weighted by atomic mass is 33.1. The van der Waals surface area contributed by atoms with Crippen LogP contribution in [-0.4, -0.2) is 159 Å². The second kappa shape index (κ2) is 29.4. The Morgan fingerprint density at radius 3 is 2.34 bits per heavy atom. The van der Waals surface area contributed by atoms with E-state index in [0.717, 1.165) is 6.33 Å². The summed E-state index contributed by atoms with van der Waals surface area (Å²) in [4.78, 5) is 128. The van der Waals surface area contributed by atoms with E-state index in [1.807, 2.05) is 0 Å². The van der Waals surface area contributed by atoms with Crippen molar-refractivity contribution in [1.29, 1.82) is 0 Å². The highest BCUT2D eigenvalue weighted by Crippen LogP contribution is 2.66. The third kappa shape index (κ3) is 22.5. The fourth-order valence-corrected chi connectivity index (χ4v) is 11.4. The summed E-state index contributed by atoms with van der Waals surface area (Å²) in [5.74, 6) is 1.92. The summed E-state index contributed by atoms with van der Waals surface area (Å²) in [6.45, 7) is -0.876. The second-order valence-corrected chi connectivity index (χ2v) is 22.2. The van der Waals surface area contributed by atoms with E-state index in [1.54, 1.807) is 0 Å². The minimum absolute atomic E-state index is 0.00515. The van der Waals surface area contributed by atoms with E-state index in [-0.39, 0.29) is 84.4 Å². The number of nitrogens with two attached hydrogens (primary N) is 1. The summed E-state index contributed by atoms with van der Waals surface area (Å²) in [6.07, 6.45) is -0.269. The number of urea groups is 1. The highest BCUT2D eigenvalue weighted by Gasteiger charge is 2.43. The number of nitrogens with one attached hydrogen (secondary N) is 5. The Balaban J connectivity index is 1.49. The lowest BCUT2D eigenvalue weighted by Gasteiger charge is -2.19. The van der Waals surface area contributed by atoms with E-state index >= 15 is 0 Å². The van der Waals surface area contributed by atoms with Crippen molar-refractivity contribution in [3.8, 4) is 11.8 Å². The van der Waals surface area contributed by atoms with Gasteiger partial charge >= 0.3 is 41.4 Å². The SMILES string of the molecule is Nc1ncnc2c1c(C#CCNC(=O)CCSSCC(NC(=O)N[C@H](C=O)CS)C(=O)NCCCCCC(=O)NC(CCC(=O)O)C(=O)O)cn2[C@H]1C[C@@H](O)[C@@H](COP(=O)(O)OP(=O)(O)OP(=O)(O)O)O1. The van der Waals surface area contributed by atoms with Crippen LogP contribution in [0.25, 0.3) is 11.0 Å².